The van der Waals surface area contributed by atoms with E-state index in [4.69, 9.17) is 0 Å². The van der Waals surface area contributed by atoms with Crippen LogP contribution in [-0.2, 0) is 9.53 Å². The summed E-state index contributed by atoms with van der Waals surface area (Å²) in [5.74, 6) is -0.324. The highest BCUT2D eigenvalue weighted by Crippen LogP contribution is 2.13. The molecule has 0 aromatic heterocycles. The molecule has 0 saturated carbocycles. The first kappa shape index (κ1) is 12.1. The largest absolute Gasteiger partial charge is 0.469 e. The molecule has 0 aliphatic carbocycles. The third-order valence-corrected chi connectivity index (χ3v) is 2.02. The lowest BCUT2D eigenvalue weighted by atomic mass is 10.3. The summed E-state index contributed by atoms with van der Waals surface area (Å²) in [6.07, 6.45) is 3.72. The molecule has 0 spiro atoms. The average Bonchev–Trinajstić information content (AvgIpc) is 2.16. The van der Waals surface area contributed by atoms with Crippen molar-refractivity contribution in [1.82, 2.24) is 0 Å². The van der Waals surface area contributed by atoms with E-state index in [0.29, 0.717) is 5.70 Å². The summed E-state index contributed by atoms with van der Waals surface area (Å²) < 4.78 is 5.36. The van der Waals surface area contributed by atoms with Gasteiger partial charge in [-0.3, -0.25) is 9.79 Å². The predicted octanol–water partition coefficient (Wildman–Crippen LogP) is 2.43. The van der Waals surface area contributed by atoms with Gasteiger partial charge in [-0.1, -0.05) is 22.0 Å². The Morgan fingerprint density at radius 3 is 2.69 bits per heavy atom. The fourth-order valence-corrected chi connectivity index (χ4v) is 0.879. The van der Waals surface area contributed by atoms with Crippen LogP contribution in [0.2, 0.25) is 0 Å². The van der Waals surface area contributed by atoms with Crippen molar-refractivity contribution in [2.24, 2.45) is 4.99 Å². The zero-order valence-corrected chi connectivity index (χ0v) is 9.30. The smallest absolute Gasteiger partial charge is 0.311 e. The number of hydrogen-bond acceptors (Lipinski definition) is 3. The lowest BCUT2D eigenvalue weighted by molar-refractivity contribution is -0.139. The van der Waals surface area contributed by atoms with Gasteiger partial charge in [-0.05, 0) is 19.7 Å². The van der Waals surface area contributed by atoms with Crippen LogP contribution >= 0.6 is 15.9 Å². The maximum atomic E-state index is 10.9. The molecule has 72 valence electrons. The molecule has 0 heterocycles. The second-order valence-electron chi connectivity index (χ2n) is 2.22. The van der Waals surface area contributed by atoms with Crippen molar-refractivity contribution in [3.05, 3.63) is 22.3 Å². The Labute approximate surface area is 86.3 Å². The van der Waals surface area contributed by atoms with Crippen molar-refractivity contribution in [1.29, 1.82) is 0 Å². The van der Waals surface area contributed by atoms with E-state index in [1.54, 1.807) is 6.08 Å². The summed E-state index contributed by atoms with van der Waals surface area (Å²) in [6.45, 7) is 5.24. The monoisotopic (exact) mass is 245 g/mol. The fourth-order valence-electron chi connectivity index (χ4n) is 0.615. The minimum absolute atomic E-state index is 0.142. The van der Waals surface area contributed by atoms with E-state index in [9.17, 15) is 4.79 Å². The number of aliphatic imine (C=N–C) groups is 1. The van der Waals surface area contributed by atoms with E-state index in [2.05, 4.69) is 32.4 Å². The molecule has 13 heavy (non-hydrogen) atoms. The van der Waals surface area contributed by atoms with Crippen molar-refractivity contribution < 1.29 is 9.53 Å². The number of nitrogens with zero attached hydrogens (tertiary/aromatic N) is 1. The van der Waals surface area contributed by atoms with Gasteiger partial charge < -0.3 is 4.74 Å². The quantitative estimate of drug-likeness (QED) is 0.434. The number of halogens is 1. The maximum absolute atomic E-state index is 10.9. The second kappa shape index (κ2) is 6.60. The average molecular weight is 246 g/mol. The molecule has 0 aliphatic rings. The van der Waals surface area contributed by atoms with Gasteiger partial charge in [-0.15, -0.1) is 0 Å². The number of carbonyl (C=O) groups excluding carboxylic acids is 1. The van der Waals surface area contributed by atoms with E-state index in [1.165, 1.54) is 7.11 Å². The zero-order chi connectivity index (χ0) is 10.3. The van der Waals surface area contributed by atoms with Crippen molar-refractivity contribution in [3.8, 4) is 0 Å². The zero-order valence-electron chi connectivity index (χ0n) is 7.71. The Balaban J connectivity index is 4.43. The molecule has 0 radical (unpaired) electrons. The molecule has 0 saturated heterocycles. The topological polar surface area (TPSA) is 38.7 Å². The molecule has 0 aromatic rings. The molecule has 0 N–H and O–H groups in total. The van der Waals surface area contributed by atoms with Crippen LogP contribution in [0.25, 0.3) is 0 Å². The van der Waals surface area contributed by atoms with Crippen LogP contribution in [0.15, 0.2) is 27.3 Å². The van der Waals surface area contributed by atoms with Crippen LogP contribution in [0.5, 0.6) is 0 Å². The van der Waals surface area contributed by atoms with Gasteiger partial charge in [0.1, 0.15) is 0 Å². The summed E-state index contributed by atoms with van der Waals surface area (Å²) in [7, 11) is 1.34. The highest BCUT2D eigenvalue weighted by atomic mass is 79.9. The number of hydrogen-bond donors (Lipinski definition) is 0. The van der Waals surface area contributed by atoms with Crippen molar-refractivity contribution in [3.63, 3.8) is 0 Å². The lowest BCUT2D eigenvalue weighted by Crippen LogP contribution is -2.00. The molecule has 0 fully saturated rings. The van der Waals surface area contributed by atoms with Gasteiger partial charge in [-0.25, -0.2) is 0 Å². The number of methoxy groups -OCH3 is 1. The standard InChI is InChI=1S/C9H12BrNO2/c1-4-7(10)5-8(11-2)6-9(12)13-3/h4-5H,2,6H2,1,3H3/b7-4+,8-5-. The van der Waals surface area contributed by atoms with Gasteiger partial charge in [0.2, 0.25) is 0 Å². The SMILES string of the molecule is C=N/C(=C\C(Br)=C/C)CC(=O)OC. The third-order valence-electron chi connectivity index (χ3n) is 1.34. The van der Waals surface area contributed by atoms with Gasteiger partial charge in [0.05, 0.1) is 19.2 Å². The minimum atomic E-state index is -0.324. The van der Waals surface area contributed by atoms with E-state index in [-0.39, 0.29) is 12.4 Å². The lowest BCUT2D eigenvalue weighted by Gasteiger charge is -1.99. The van der Waals surface area contributed by atoms with Gasteiger partial charge in [0, 0.05) is 4.48 Å². The van der Waals surface area contributed by atoms with Gasteiger partial charge in [0.15, 0.2) is 0 Å². The van der Waals surface area contributed by atoms with Crippen LogP contribution in [0.3, 0.4) is 0 Å². The molecule has 0 atom stereocenters. The Kier molecular flexibility index (Phi) is 6.14. The third kappa shape index (κ3) is 5.36. The Morgan fingerprint density at radius 2 is 2.31 bits per heavy atom. The number of ether oxygens (including phenoxy) is 1. The highest BCUT2D eigenvalue weighted by molar-refractivity contribution is 9.11. The molecular weight excluding hydrogens is 234 g/mol. The molecule has 0 unspecified atom stereocenters. The first-order chi connectivity index (χ1) is 6.13. The van der Waals surface area contributed by atoms with Crippen LogP contribution in [0, 0.1) is 0 Å². The van der Waals surface area contributed by atoms with Crippen LogP contribution in [0.1, 0.15) is 13.3 Å². The van der Waals surface area contributed by atoms with Crippen molar-refractivity contribution >= 4 is 28.6 Å². The van der Waals surface area contributed by atoms with Crippen molar-refractivity contribution in [2.45, 2.75) is 13.3 Å². The van der Waals surface area contributed by atoms with E-state index < -0.39 is 0 Å². The first-order valence-electron chi connectivity index (χ1n) is 3.70. The number of esters is 1. The first-order valence-corrected chi connectivity index (χ1v) is 4.49. The Morgan fingerprint density at radius 1 is 1.69 bits per heavy atom. The minimum Gasteiger partial charge on any atom is -0.469 e. The molecule has 0 aromatic carbocycles. The molecule has 0 rings (SSSR count). The molecule has 4 heteroatoms. The van der Waals surface area contributed by atoms with Crippen LogP contribution in [0.4, 0.5) is 0 Å². The number of carbonyl (C=O) groups is 1. The summed E-state index contributed by atoms with van der Waals surface area (Å²) in [5.41, 5.74) is 0.580. The van der Waals surface area contributed by atoms with Gasteiger partial charge in [0.25, 0.3) is 0 Å². The van der Waals surface area contributed by atoms with Crippen LogP contribution < -0.4 is 0 Å². The van der Waals surface area contributed by atoms with Crippen molar-refractivity contribution in [2.75, 3.05) is 7.11 Å². The fraction of sp³-hybridized carbons (Fsp3) is 0.333. The van der Waals surface area contributed by atoms with E-state index in [1.807, 2.05) is 13.0 Å². The maximum Gasteiger partial charge on any atom is 0.311 e. The highest BCUT2D eigenvalue weighted by Gasteiger charge is 2.03. The summed E-state index contributed by atoms with van der Waals surface area (Å²) in [4.78, 5) is 14.6. The molecule has 0 bridgehead atoms. The van der Waals surface area contributed by atoms with Gasteiger partial charge in [-0.2, -0.15) is 0 Å². The van der Waals surface area contributed by atoms with Crippen LogP contribution in [-0.4, -0.2) is 19.8 Å². The molecule has 0 amide bonds. The van der Waals surface area contributed by atoms with Gasteiger partial charge >= 0.3 is 5.97 Å². The van der Waals surface area contributed by atoms with E-state index >= 15 is 0 Å². The summed E-state index contributed by atoms with van der Waals surface area (Å²) in [6, 6.07) is 0. The molecule has 3 nitrogen and oxygen atoms in total. The Bertz CT molecular complexity index is 256. The molecular formula is C9H12BrNO2. The predicted molar refractivity (Wildman–Crippen MR) is 56.9 cm³/mol. The van der Waals surface area contributed by atoms with E-state index in [0.717, 1.165) is 4.48 Å². The number of allylic oxidation sites excluding steroid dienone is 3. The summed E-state index contributed by atoms with van der Waals surface area (Å²) in [5, 5.41) is 0. The molecule has 0 aliphatic heterocycles. The second-order valence-corrected chi connectivity index (χ2v) is 3.14. The summed E-state index contributed by atoms with van der Waals surface area (Å²) >= 11 is 3.27. The normalized spacial score (nSPS) is 12.5. The Hall–Kier alpha value is -0.900. The number of rotatable bonds is 4.